The fourth-order valence-electron chi connectivity index (χ4n) is 3.69. The zero-order valence-corrected chi connectivity index (χ0v) is 18.3. The molecule has 0 unspecified atom stereocenters. The van der Waals surface area contributed by atoms with E-state index in [-0.39, 0.29) is 12.5 Å². The van der Waals surface area contributed by atoms with Crippen LogP contribution in [-0.2, 0) is 4.79 Å². The van der Waals surface area contributed by atoms with Gasteiger partial charge in [0.05, 0.1) is 11.9 Å². The SMILES string of the molecule is O=C(COc1cccc2ccccc12)NN=Cc1cn(-c2ccccc2)nc1-c1ccccc1. The highest BCUT2D eigenvalue weighted by Gasteiger charge is 2.11. The van der Waals surface area contributed by atoms with Gasteiger partial charge in [0.15, 0.2) is 6.61 Å². The van der Waals surface area contributed by atoms with Crippen LogP contribution in [0.2, 0.25) is 0 Å². The van der Waals surface area contributed by atoms with Crippen LogP contribution in [0.3, 0.4) is 0 Å². The number of ether oxygens (including phenoxy) is 1. The van der Waals surface area contributed by atoms with Gasteiger partial charge in [-0.2, -0.15) is 10.2 Å². The van der Waals surface area contributed by atoms with Gasteiger partial charge in [-0.1, -0.05) is 84.9 Å². The Morgan fingerprint density at radius 3 is 2.41 bits per heavy atom. The topological polar surface area (TPSA) is 68.5 Å². The molecule has 34 heavy (non-hydrogen) atoms. The average molecular weight is 447 g/mol. The van der Waals surface area contributed by atoms with Gasteiger partial charge in [0.2, 0.25) is 0 Å². The van der Waals surface area contributed by atoms with E-state index in [2.05, 4.69) is 10.5 Å². The van der Waals surface area contributed by atoms with Crippen molar-refractivity contribution in [2.75, 3.05) is 6.61 Å². The Kier molecular flexibility index (Phi) is 6.12. The normalized spacial score (nSPS) is 11.1. The highest BCUT2D eigenvalue weighted by molar-refractivity contribution is 5.90. The number of aromatic nitrogens is 2. The molecule has 0 aliphatic carbocycles. The Labute approximate surface area is 197 Å². The molecule has 1 N–H and O–H groups in total. The lowest BCUT2D eigenvalue weighted by Crippen LogP contribution is -2.24. The summed E-state index contributed by atoms with van der Waals surface area (Å²) in [4.78, 5) is 12.4. The second-order valence-corrected chi connectivity index (χ2v) is 7.64. The molecule has 0 saturated heterocycles. The molecule has 6 heteroatoms. The number of nitrogens with zero attached hydrogens (tertiary/aromatic N) is 3. The van der Waals surface area contributed by atoms with Gasteiger partial charge in [0.1, 0.15) is 11.4 Å². The first-order chi connectivity index (χ1) is 16.8. The first-order valence-corrected chi connectivity index (χ1v) is 10.9. The quantitative estimate of drug-likeness (QED) is 0.275. The van der Waals surface area contributed by atoms with Gasteiger partial charge in [0.25, 0.3) is 5.91 Å². The number of fused-ring (bicyclic) bond motifs is 1. The zero-order valence-electron chi connectivity index (χ0n) is 18.3. The molecule has 0 fully saturated rings. The van der Waals surface area contributed by atoms with Gasteiger partial charge in [-0.05, 0) is 23.6 Å². The van der Waals surface area contributed by atoms with E-state index in [4.69, 9.17) is 9.84 Å². The summed E-state index contributed by atoms with van der Waals surface area (Å²) >= 11 is 0. The van der Waals surface area contributed by atoms with Crippen molar-refractivity contribution in [3.8, 4) is 22.7 Å². The molecule has 0 aliphatic rings. The van der Waals surface area contributed by atoms with Gasteiger partial charge in [-0.15, -0.1) is 0 Å². The summed E-state index contributed by atoms with van der Waals surface area (Å²) in [6.07, 6.45) is 3.49. The molecular formula is C28H22N4O2. The maximum atomic E-state index is 12.4. The molecule has 0 spiro atoms. The Hall–Kier alpha value is -4.71. The Morgan fingerprint density at radius 1 is 0.882 bits per heavy atom. The average Bonchev–Trinajstić information content (AvgIpc) is 3.33. The van der Waals surface area contributed by atoms with Crippen LogP contribution < -0.4 is 10.2 Å². The lowest BCUT2D eigenvalue weighted by molar-refractivity contribution is -0.123. The lowest BCUT2D eigenvalue weighted by atomic mass is 10.1. The minimum atomic E-state index is -0.346. The van der Waals surface area contributed by atoms with Crippen molar-refractivity contribution in [2.24, 2.45) is 5.10 Å². The van der Waals surface area contributed by atoms with E-state index in [1.807, 2.05) is 109 Å². The predicted octanol–water partition coefficient (Wildman–Crippen LogP) is 5.22. The highest BCUT2D eigenvalue weighted by Crippen LogP contribution is 2.25. The van der Waals surface area contributed by atoms with E-state index in [0.717, 1.165) is 33.3 Å². The zero-order chi connectivity index (χ0) is 23.2. The predicted molar refractivity (Wildman–Crippen MR) is 134 cm³/mol. The number of amides is 1. The van der Waals surface area contributed by atoms with Crippen LogP contribution >= 0.6 is 0 Å². The maximum absolute atomic E-state index is 12.4. The Bertz CT molecular complexity index is 1440. The van der Waals surface area contributed by atoms with Gasteiger partial charge in [-0.25, -0.2) is 10.1 Å². The fraction of sp³-hybridized carbons (Fsp3) is 0.0357. The van der Waals surface area contributed by atoms with Gasteiger partial charge >= 0.3 is 0 Å². The van der Waals surface area contributed by atoms with Crippen LogP contribution in [0.5, 0.6) is 5.75 Å². The summed E-state index contributed by atoms with van der Waals surface area (Å²) in [6, 6.07) is 33.4. The number of carbonyl (C=O) groups is 1. The number of hydrogen-bond acceptors (Lipinski definition) is 4. The fourth-order valence-corrected chi connectivity index (χ4v) is 3.69. The molecule has 1 amide bonds. The molecule has 1 heterocycles. The number of para-hydroxylation sites is 1. The molecule has 0 atom stereocenters. The van der Waals surface area contributed by atoms with E-state index in [1.54, 1.807) is 10.9 Å². The molecule has 4 aromatic carbocycles. The largest absolute Gasteiger partial charge is 0.483 e. The Morgan fingerprint density at radius 2 is 1.59 bits per heavy atom. The molecule has 1 aromatic heterocycles. The number of nitrogens with one attached hydrogen (secondary N) is 1. The minimum absolute atomic E-state index is 0.139. The highest BCUT2D eigenvalue weighted by atomic mass is 16.5. The van der Waals surface area contributed by atoms with E-state index < -0.39 is 0 Å². The summed E-state index contributed by atoms with van der Waals surface area (Å²) in [7, 11) is 0. The van der Waals surface area contributed by atoms with Crippen molar-refractivity contribution >= 4 is 22.9 Å². The van der Waals surface area contributed by atoms with Crippen molar-refractivity contribution in [3.63, 3.8) is 0 Å². The third-order valence-corrected chi connectivity index (χ3v) is 5.31. The summed E-state index contributed by atoms with van der Waals surface area (Å²) in [6.45, 7) is -0.139. The second kappa shape index (κ2) is 9.83. The molecule has 5 rings (SSSR count). The lowest BCUT2D eigenvalue weighted by Gasteiger charge is -2.08. The third kappa shape index (κ3) is 4.71. The molecule has 0 saturated carbocycles. The number of hydrazone groups is 1. The van der Waals surface area contributed by atoms with Crippen LogP contribution in [0, 0.1) is 0 Å². The van der Waals surface area contributed by atoms with Crippen molar-refractivity contribution in [2.45, 2.75) is 0 Å². The van der Waals surface area contributed by atoms with Gasteiger partial charge < -0.3 is 4.74 Å². The molecule has 0 radical (unpaired) electrons. The number of benzene rings is 4. The summed E-state index contributed by atoms with van der Waals surface area (Å²) < 4.78 is 7.54. The first-order valence-electron chi connectivity index (χ1n) is 10.9. The molecule has 0 aliphatic heterocycles. The van der Waals surface area contributed by atoms with Crippen molar-refractivity contribution in [3.05, 3.63) is 115 Å². The Balaban J connectivity index is 1.30. The van der Waals surface area contributed by atoms with Crippen LogP contribution in [0.4, 0.5) is 0 Å². The standard InChI is InChI=1S/C28H22N4O2/c33-27(20-34-26-17-9-13-21-10-7-8-16-25(21)26)30-29-18-23-19-32(24-14-5-2-6-15-24)31-28(23)22-11-3-1-4-12-22/h1-19H,20H2,(H,30,33). The van der Waals surface area contributed by atoms with E-state index in [0.29, 0.717) is 5.75 Å². The second-order valence-electron chi connectivity index (χ2n) is 7.64. The van der Waals surface area contributed by atoms with Crippen molar-refractivity contribution < 1.29 is 9.53 Å². The number of rotatable bonds is 7. The van der Waals surface area contributed by atoms with Crippen LogP contribution in [0.1, 0.15) is 5.56 Å². The molecule has 166 valence electrons. The van der Waals surface area contributed by atoms with Gasteiger partial charge in [-0.3, -0.25) is 4.79 Å². The number of carbonyl (C=O) groups excluding carboxylic acids is 1. The molecule has 0 bridgehead atoms. The number of hydrogen-bond donors (Lipinski definition) is 1. The van der Waals surface area contributed by atoms with Crippen LogP contribution in [0.25, 0.3) is 27.7 Å². The van der Waals surface area contributed by atoms with Crippen LogP contribution in [-0.4, -0.2) is 28.5 Å². The van der Waals surface area contributed by atoms with E-state index in [9.17, 15) is 4.79 Å². The van der Waals surface area contributed by atoms with E-state index >= 15 is 0 Å². The van der Waals surface area contributed by atoms with Crippen molar-refractivity contribution in [1.82, 2.24) is 15.2 Å². The molecular weight excluding hydrogens is 424 g/mol. The van der Waals surface area contributed by atoms with Crippen LogP contribution in [0.15, 0.2) is 114 Å². The molecule has 6 nitrogen and oxygen atoms in total. The van der Waals surface area contributed by atoms with E-state index in [1.165, 1.54) is 0 Å². The minimum Gasteiger partial charge on any atom is -0.483 e. The van der Waals surface area contributed by atoms with Gasteiger partial charge in [0, 0.05) is 22.7 Å². The summed E-state index contributed by atoms with van der Waals surface area (Å²) in [5, 5.41) is 10.9. The third-order valence-electron chi connectivity index (χ3n) is 5.31. The smallest absolute Gasteiger partial charge is 0.277 e. The summed E-state index contributed by atoms with van der Waals surface area (Å²) in [5.74, 6) is 0.314. The maximum Gasteiger partial charge on any atom is 0.277 e. The van der Waals surface area contributed by atoms with Crippen molar-refractivity contribution in [1.29, 1.82) is 0 Å². The first kappa shape index (κ1) is 21.2. The molecule has 5 aromatic rings. The summed E-state index contributed by atoms with van der Waals surface area (Å²) in [5.41, 5.74) is 6.00. The monoisotopic (exact) mass is 446 g/mol.